The first-order chi connectivity index (χ1) is 9.38. The fourth-order valence-electron chi connectivity index (χ4n) is 2.43. The molecule has 0 aliphatic carbocycles. The molecule has 1 fully saturated rings. The Morgan fingerprint density at radius 1 is 1.11 bits per heavy atom. The average Bonchev–Trinajstić information content (AvgIpc) is 2.49. The molecule has 106 valence electrons. The molecule has 0 N–H and O–H groups in total. The molecule has 1 unspecified atom stereocenters. The fraction of sp³-hybridized carbons (Fsp3) is 0.647. The first-order valence-electron chi connectivity index (χ1n) is 7.69. The molecule has 19 heavy (non-hydrogen) atoms. The number of aryl methyl sites for hydroxylation is 2. The van der Waals surface area contributed by atoms with Gasteiger partial charge in [0.25, 0.3) is 0 Å². The van der Waals surface area contributed by atoms with Crippen molar-refractivity contribution in [1.82, 2.24) is 0 Å². The third-order valence-electron chi connectivity index (χ3n) is 3.73. The maximum atomic E-state index is 5.74. The molecule has 0 radical (unpaired) electrons. The van der Waals surface area contributed by atoms with Gasteiger partial charge in [-0.3, -0.25) is 0 Å². The number of ether oxygens (including phenoxy) is 2. The topological polar surface area (TPSA) is 18.5 Å². The molecule has 0 bridgehead atoms. The third kappa shape index (κ3) is 5.33. The normalized spacial score (nSPS) is 19.5. The Hall–Kier alpha value is -0.860. The second kappa shape index (κ2) is 8.34. The van der Waals surface area contributed by atoms with Gasteiger partial charge in [0.1, 0.15) is 0 Å². The van der Waals surface area contributed by atoms with Gasteiger partial charge in [-0.15, -0.1) is 0 Å². The summed E-state index contributed by atoms with van der Waals surface area (Å²) in [6.45, 7) is 3.89. The largest absolute Gasteiger partial charge is 0.353 e. The summed E-state index contributed by atoms with van der Waals surface area (Å²) in [4.78, 5) is 0. The minimum absolute atomic E-state index is 0.0672. The summed E-state index contributed by atoms with van der Waals surface area (Å²) < 4.78 is 11.3. The Kier molecular flexibility index (Phi) is 6.38. The van der Waals surface area contributed by atoms with Crippen molar-refractivity contribution in [1.29, 1.82) is 0 Å². The van der Waals surface area contributed by atoms with Crippen molar-refractivity contribution < 1.29 is 9.47 Å². The van der Waals surface area contributed by atoms with E-state index < -0.39 is 0 Å². The summed E-state index contributed by atoms with van der Waals surface area (Å²) in [5, 5.41) is 0. The SMILES string of the molecule is CCc1ccc(CCCCOC2CCCCO2)cc1. The molecular weight excluding hydrogens is 236 g/mol. The maximum Gasteiger partial charge on any atom is 0.157 e. The van der Waals surface area contributed by atoms with E-state index in [1.54, 1.807) is 0 Å². The summed E-state index contributed by atoms with van der Waals surface area (Å²) in [7, 11) is 0. The summed E-state index contributed by atoms with van der Waals surface area (Å²) >= 11 is 0. The minimum Gasteiger partial charge on any atom is -0.353 e. The first-order valence-corrected chi connectivity index (χ1v) is 7.69. The number of unbranched alkanes of at least 4 members (excludes halogenated alkanes) is 1. The number of hydrogen-bond donors (Lipinski definition) is 0. The second-order valence-corrected chi connectivity index (χ2v) is 5.29. The molecular formula is C17H26O2. The molecule has 1 aromatic rings. The quantitative estimate of drug-likeness (QED) is 0.688. The summed E-state index contributed by atoms with van der Waals surface area (Å²) in [5.41, 5.74) is 2.85. The minimum atomic E-state index is 0.0672. The van der Waals surface area contributed by atoms with Gasteiger partial charge >= 0.3 is 0 Å². The van der Waals surface area contributed by atoms with Gasteiger partial charge in [-0.05, 0) is 56.1 Å². The van der Waals surface area contributed by atoms with Crippen LogP contribution in [-0.2, 0) is 22.3 Å². The van der Waals surface area contributed by atoms with E-state index >= 15 is 0 Å². The fourth-order valence-corrected chi connectivity index (χ4v) is 2.43. The van der Waals surface area contributed by atoms with Crippen LogP contribution in [0, 0.1) is 0 Å². The molecule has 1 heterocycles. The molecule has 0 amide bonds. The number of benzene rings is 1. The molecule has 2 nitrogen and oxygen atoms in total. The van der Waals surface area contributed by atoms with Crippen molar-refractivity contribution >= 4 is 0 Å². The zero-order valence-corrected chi connectivity index (χ0v) is 12.1. The highest BCUT2D eigenvalue weighted by atomic mass is 16.7. The van der Waals surface area contributed by atoms with Crippen LogP contribution in [0.1, 0.15) is 50.2 Å². The van der Waals surface area contributed by atoms with Crippen LogP contribution >= 0.6 is 0 Å². The lowest BCUT2D eigenvalue weighted by Gasteiger charge is -2.22. The van der Waals surface area contributed by atoms with E-state index in [9.17, 15) is 0 Å². The Morgan fingerprint density at radius 3 is 2.58 bits per heavy atom. The van der Waals surface area contributed by atoms with Gasteiger partial charge in [0.2, 0.25) is 0 Å². The summed E-state index contributed by atoms with van der Waals surface area (Å²) in [6, 6.07) is 8.98. The molecule has 1 atom stereocenters. The summed E-state index contributed by atoms with van der Waals surface area (Å²) in [6.07, 6.45) is 8.15. The molecule has 1 aliphatic rings. The molecule has 1 aliphatic heterocycles. The van der Waals surface area contributed by atoms with Crippen LogP contribution < -0.4 is 0 Å². The van der Waals surface area contributed by atoms with Crippen LogP contribution in [0.5, 0.6) is 0 Å². The Labute approximate surface area is 117 Å². The third-order valence-corrected chi connectivity index (χ3v) is 3.73. The monoisotopic (exact) mass is 262 g/mol. The van der Waals surface area contributed by atoms with E-state index in [1.165, 1.54) is 30.4 Å². The van der Waals surface area contributed by atoms with E-state index in [0.29, 0.717) is 0 Å². The molecule has 1 saturated heterocycles. The smallest absolute Gasteiger partial charge is 0.157 e. The van der Waals surface area contributed by atoms with Gasteiger partial charge in [-0.2, -0.15) is 0 Å². The standard InChI is InChI=1S/C17H26O2/c1-2-15-9-11-16(12-10-15)7-3-5-13-18-17-8-4-6-14-19-17/h9-12,17H,2-8,13-14H2,1H3. The predicted octanol–water partition coefficient (Wildman–Crippen LogP) is 4.11. The van der Waals surface area contributed by atoms with Gasteiger partial charge in [-0.1, -0.05) is 31.2 Å². The lowest BCUT2D eigenvalue weighted by Crippen LogP contribution is -2.22. The van der Waals surface area contributed by atoms with E-state index in [2.05, 4.69) is 31.2 Å². The maximum absolute atomic E-state index is 5.74. The van der Waals surface area contributed by atoms with Crippen molar-refractivity contribution in [2.45, 2.75) is 58.2 Å². The van der Waals surface area contributed by atoms with Gasteiger partial charge in [-0.25, -0.2) is 0 Å². The van der Waals surface area contributed by atoms with Gasteiger partial charge in [0.05, 0.1) is 0 Å². The van der Waals surface area contributed by atoms with E-state index in [-0.39, 0.29) is 6.29 Å². The number of rotatable bonds is 7. The van der Waals surface area contributed by atoms with Crippen LogP contribution in [0.2, 0.25) is 0 Å². The van der Waals surface area contributed by atoms with Crippen LogP contribution in [0.3, 0.4) is 0 Å². The lowest BCUT2D eigenvalue weighted by atomic mass is 10.1. The zero-order chi connectivity index (χ0) is 13.3. The van der Waals surface area contributed by atoms with Crippen LogP contribution in [0.15, 0.2) is 24.3 Å². The second-order valence-electron chi connectivity index (χ2n) is 5.29. The van der Waals surface area contributed by atoms with Gasteiger partial charge in [0.15, 0.2) is 6.29 Å². The molecule has 0 saturated carbocycles. The average molecular weight is 262 g/mol. The van der Waals surface area contributed by atoms with Crippen molar-refractivity contribution in [2.75, 3.05) is 13.2 Å². The molecule has 0 aromatic heterocycles. The van der Waals surface area contributed by atoms with Gasteiger partial charge in [0, 0.05) is 13.2 Å². The molecule has 0 spiro atoms. The van der Waals surface area contributed by atoms with Crippen LogP contribution in [0.4, 0.5) is 0 Å². The van der Waals surface area contributed by atoms with Crippen molar-refractivity contribution in [3.05, 3.63) is 35.4 Å². The van der Waals surface area contributed by atoms with E-state index in [0.717, 1.165) is 38.9 Å². The number of hydrogen-bond acceptors (Lipinski definition) is 2. The highest BCUT2D eigenvalue weighted by molar-refractivity contribution is 5.22. The Morgan fingerprint density at radius 2 is 1.89 bits per heavy atom. The predicted molar refractivity (Wildman–Crippen MR) is 78.3 cm³/mol. The van der Waals surface area contributed by atoms with Crippen molar-refractivity contribution in [2.24, 2.45) is 0 Å². The molecule has 2 rings (SSSR count). The van der Waals surface area contributed by atoms with Gasteiger partial charge < -0.3 is 9.47 Å². The molecule has 2 heteroatoms. The highest BCUT2D eigenvalue weighted by Gasteiger charge is 2.13. The van der Waals surface area contributed by atoms with Crippen LogP contribution in [-0.4, -0.2) is 19.5 Å². The Balaban J connectivity index is 1.55. The van der Waals surface area contributed by atoms with Crippen LogP contribution in [0.25, 0.3) is 0 Å². The first kappa shape index (κ1) is 14.5. The molecule has 1 aromatic carbocycles. The van der Waals surface area contributed by atoms with E-state index in [4.69, 9.17) is 9.47 Å². The van der Waals surface area contributed by atoms with Crippen molar-refractivity contribution in [3.8, 4) is 0 Å². The Bertz CT molecular complexity index is 339. The highest BCUT2D eigenvalue weighted by Crippen LogP contribution is 2.14. The summed E-state index contributed by atoms with van der Waals surface area (Å²) in [5.74, 6) is 0. The van der Waals surface area contributed by atoms with E-state index in [1.807, 2.05) is 0 Å². The lowest BCUT2D eigenvalue weighted by molar-refractivity contribution is -0.162. The zero-order valence-electron chi connectivity index (χ0n) is 12.1. The van der Waals surface area contributed by atoms with Crippen molar-refractivity contribution in [3.63, 3.8) is 0 Å².